The van der Waals surface area contributed by atoms with Gasteiger partial charge < -0.3 is 10.4 Å². The quantitative estimate of drug-likeness (QED) is 0.866. The lowest BCUT2D eigenvalue weighted by Crippen LogP contribution is -2.45. The van der Waals surface area contributed by atoms with Gasteiger partial charge in [-0.3, -0.25) is 14.7 Å². The Morgan fingerprint density at radius 1 is 1.31 bits per heavy atom. The molecule has 0 bridgehead atoms. The number of hydrogen-bond acceptors (Lipinski definition) is 4. The largest absolute Gasteiger partial charge is 0.395 e. The third-order valence-electron chi connectivity index (χ3n) is 5.52. The Hall–Kier alpha value is -1.98. The zero-order valence-electron chi connectivity index (χ0n) is 16.0. The van der Waals surface area contributed by atoms with E-state index in [2.05, 4.69) is 29.0 Å². The van der Waals surface area contributed by atoms with Gasteiger partial charge in [-0.2, -0.15) is 0 Å². The summed E-state index contributed by atoms with van der Waals surface area (Å²) in [6.45, 7) is 8.60. The Balaban J connectivity index is 1.73. The number of pyridine rings is 1. The maximum absolute atomic E-state index is 12.8. The number of likely N-dealkylation sites (tertiary alicyclic amines) is 1. The van der Waals surface area contributed by atoms with Gasteiger partial charge in [-0.15, -0.1) is 0 Å². The summed E-state index contributed by atoms with van der Waals surface area (Å²) in [6, 6.07) is 6.13. The van der Waals surface area contributed by atoms with Crippen LogP contribution < -0.4 is 5.32 Å². The van der Waals surface area contributed by atoms with Crippen LogP contribution in [0.25, 0.3) is 10.9 Å². The Morgan fingerprint density at radius 3 is 2.88 bits per heavy atom. The van der Waals surface area contributed by atoms with Crippen LogP contribution in [0, 0.1) is 20.8 Å². The van der Waals surface area contributed by atoms with Crippen molar-refractivity contribution in [1.82, 2.24) is 15.2 Å². The van der Waals surface area contributed by atoms with Gasteiger partial charge in [0.15, 0.2) is 0 Å². The van der Waals surface area contributed by atoms with Crippen LogP contribution in [0.5, 0.6) is 0 Å². The van der Waals surface area contributed by atoms with Crippen LogP contribution in [-0.4, -0.2) is 53.2 Å². The van der Waals surface area contributed by atoms with Crippen LogP contribution in [-0.2, 0) is 0 Å². The molecule has 2 N–H and O–H groups in total. The van der Waals surface area contributed by atoms with E-state index in [1.54, 1.807) is 0 Å². The summed E-state index contributed by atoms with van der Waals surface area (Å²) in [7, 11) is 0. The topological polar surface area (TPSA) is 65.5 Å². The van der Waals surface area contributed by atoms with Gasteiger partial charge in [0.2, 0.25) is 0 Å². The highest BCUT2D eigenvalue weighted by molar-refractivity contribution is 6.07. The summed E-state index contributed by atoms with van der Waals surface area (Å²) >= 11 is 0. The Morgan fingerprint density at radius 2 is 2.12 bits per heavy atom. The Bertz CT molecular complexity index is 803. The first-order chi connectivity index (χ1) is 12.5. The molecule has 140 valence electrons. The van der Waals surface area contributed by atoms with Crippen molar-refractivity contribution in [3.8, 4) is 0 Å². The molecule has 26 heavy (non-hydrogen) atoms. The lowest BCUT2D eigenvalue weighted by Gasteiger charge is -2.34. The molecule has 0 aliphatic carbocycles. The van der Waals surface area contributed by atoms with Gasteiger partial charge in [-0.1, -0.05) is 18.6 Å². The normalized spacial score (nSPS) is 18.2. The SMILES string of the molecule is Cc1cc(C(=O)NCCN2CCCC[C@@H]2CO)c2ccc(C)c(C)c2n1. The van der Waals surface area contributed by atoms with Crippen LogP contribution in [0.1, 0.15) is 46.4 Å². The molecule has 1 aliphatic heterocycles. The molecule has 2 aromatic rings. The standard InChI is InChI=1S/C21H29N3O2/c1-14-7-8-18-19(12-15(2)23-20(18)16(14)3)21(26)22-9-11-24-10-5-4-6-17(24)13-25/h7-8,12,17,25H,4-6,9-11,13H2,1-3H3,(H,22,26)/t17-/m1/s1. The van der Waals surface area contributed by atoms with E-state index in [1.807, 2.05) is 25.1 Å². The number of aliphatic hydroxyl groups is 1. The molecular weight excluding hydrogens is 326 g/mol. The van der Waals surface area contributed by atoms with E-state index in [0.29, 0.717) is 12.1 Å². The fraction of sp³-hybridized carbons (Fsp3) is 0.524. The number of benzene rings is 1. The second-order valence-electron chi connectivity index (χ2n) is 7.34. The van der Waals surface area contributed by atoms with Crippen molar-refractivity contribution in [2.75, 3.05) is 26.2 Å². The molecule has 3 rings (SSSR count). The number of hydrogen-bond donors (Lipinski definition) is 2. The summed E-state index contributed by atoms with van der Waals surface area (Å²) in [4.78, 5) is 19.7. The van der Waals surface area contributed by atoms with E-state index in [9.17, 15) is 9.90 Å². The predicted molar refractivity (Wildman–Crippen MR) is 105 cm³/mol. The minimum Gasteiger partial charge on any atom is -0.395 e. The number of rotatable bonds is 5. The summed E-state index contributed by atoms with van der Waals surface area (Å²) in [5.41, 5.74) is 4.76. The zero-order valence-corrected chi connectivity index (χ0v) is 16.0. The molecule has 1 aromatic heterocycles. The molecule has 0 saturated carbocycles. The highest BCUT2D eigenvalue weighted by Crippen LogP contribution is 2.24. The minimum atomic E-state index is -0.0543. The number of amides is 1. The van der Waals surface area contributed by atoms with E-state index in [0.717, 1.165) is 48.1 Å². The van der Waals surface area contributed by atoms with Crippen molar-refractivity contribution >= 4 is 16.8 Å². The third kappa shape index (κ3) is 3.89. The fourth-order valence-electron chi connectivity index (χ4n) is 3.81. The van der Waals surface area contributed by atoms with Gasteiger partial charge in [-0.05, 0) is 57.4 Å². The van der Waals surface area contributed by atoms with Gasteiger partial charge in [-0.25, -0.2) is 0 Å². The summed E-state index contributed by atoms with van der Waals surface area (Å²) in [6.07, 6.45) is 3.38. The van der Waals surface area contributed by atoms with Crippen molar-refractivity contribution in [1.29, 1.82) is 0 Å². The van der Waals surface area contributed by atoms with Crippen molar-refractivity contribution < 1.29 is 9.90 Å². The molecule has 1 fully saturated rings. The van der Waals surface area contributed by atoms with Gasteiger partial charge >= 0.3 is 0 Å². The number of nitrogens with one attached hydrogen (secondary N) is 1. The second kappa shape index (κ2) is 8.14. The van der Waals surface area contributed by atoms with Gasteiger partial charge in [0.05, 0.1) is 17.7 Å². The van der Waals surface area contributed by atoms with E-state index in [-0.39, 0.29) is 18.6 Å². The molecule has 0 radical (unpaired) electrons. The first-order valence-electron chi connectivity index (χ1n) is 9.52. The van der Waals surface area contributed by atoms with Crippen molar-refractivity contribution in [2.24, 2.45) is 0 Å². The molecule has 2 heterocycles. The molecule has 1 saturated heterocycles. The number of nitrogens with zero attached hydrogens (tertiary/aromatic N) is 2. The molecule has 0 spiro atoms. The molecule has 0 unspecified atom stereocenters. The van der Waals surface area contributed by atoms with E-state index in [4.69, 9.17) is 0 Å². The zero-order chi connectivity index (χ0) is 18.7. The number of aryl methyl sites for hydroxylation is 3. The number of aromatic nitrogens is 1. The monoisotopic (exact) mass is 355 g/mol. The number of piperidine rings is 1. The molecule has 1 amide bonds. The predicted octanol–water partition coefficient (Wildman–Crippen LogP) is 2.74. The number of carbonyl (C=O) groups excluding carboxylic acids is 1. The first-order valence-corrected chi connectivity index (χ1v) is 9.52. The van der Waals surface area contributed by atoms with E-state index in [1.165, 1.54) is 12.0 Å². The maximum atomic E-state index is 12.8. The highest BCUT2D eigenvalue weighted by atomic mass is 16.3. The van der Waals surface area contributed by atoms with Crippen LogP contribution >= 0.6 is 0 Å². The van der Waals surface area contributed by atoms with Crippen molar-refractivity contribution in [2.45, 2.75) is 46.1 Å². The Kier molecular flexibility index (Phi) is 5.89. The molecule has 5 heteroatoms. The van der Waals surface area contributed by atoms with Crippen LogP contribution in [0.2, 0.25) is 0 Å². The van der Waals surface area contributed by atoms with Crippen LogP contribution in [0.15, 0.2) is 18.2 Å². The number of fused-ring (bicyclic) bond motifs is 1. The second-order valence-corrected chi connectivity index (χ2v) is 7.34. The minimum absolute atomic E-state index is 0.0543. The third-order valence-corrected chi connectivity index (χ3v) is 5.52. The molecule has 1 atom stereocenters. The van der Waals surface area contributed by atoms with E-state index >= 15 is 0 Å². The summed E-state index contributed by atoms with van der Waals surface area (Å²) < 4.78 is 0. The lowest BCUT2D eigenvalue weighted by atomic mass is 10.0. The molecular formula is C21H29N3O2. The van der Waals surface area contributed by atoms with Crippen molar-refractivity contribution in [3.63, 3.8) is 0 Å². The van der Waals surface area contributed by atoms with Gasteiger partial charge in [0, 0.05) is 30.2 Å². The Labute approximate surface area is 155 Å². The maximum Gasteiger partial charge on any atom is 0.252 e. The van der Waals surface area contributed by atoms with Gasteiger partial charge in [0.1, 0.15) is 0 Å². The van der Waals surface area contributed by atoms with Crippen LogP contribution in [0.4, 0.5) is 0 Å². The first kappa shape index (κ1) is 18.8. The fourth-order valence-corrected chi connectivity index (χ4v) is 3.81. The number of aliphatic hydroxyl groups excluding tert-OH is 1. The molecule has 5 nitrogen and oxygen atoms in total. The molecule has 1 aliphatic rings. The summed E-state index contributed by atoms with van der Waals surface area (Å²) in [5, 5.41) is 13.5. The smallest absolute Gasteiger partial charge is 0.252 e. The lowest BCUT2D eigenvalue weighted by molar-refractivity contribution is 0.0850. The van der Waals surface area contributed by atoms with Crippen LogP contribution in [0.3, 0.4) is 0 Å². The average molecular weight is 355 g/mol. The van der Waals surface area contributed by atoms with Crippen molar-refractivity contribution in [3.05, 3.63) is 40.6 Å². The highest BCUT2D eigenvalue weighted by Gasteiger charge is 2.21. The van der Waals surface area contributed by atoms with E-state index < -0.39 is 0 Å². The number of carbonyl (C=O) groups is 1. The molecule has 1 aromatic carbocycles. The average Bonchev–Trinajstić information content (AvgIpc) is 2.64. The summed E-state index contributed by atoms with van der Waals surface area (Å²) in [5.74, 6) is -0.0543. The van der Waals surface area contributed by atoms with Gasteiger partial charge in [0.25, 0.3) is 5.91 Å².